The number of nitrogens with zero attached hydrogens (tertiary/aromatic N) is 1. The van der Waals surface area contributed by atoms with Crippen LogP contribution in [0, 0.1) is 0 Å². The second-order valence-corrected chi connectivity index (χ2v) is 2.56. The lowest BCUT2D eigenvalue weighted by Gasteiger charge is -2.10. The third-order valence-corrected chi connectivity index (χ3v) is 1.69. The molecule has 0 spiro atoms. The summed E-state index contributed by atoms with van der Waals surface area (Å²) in [5.74, 6) is 5.46. The topological polar surface area (TPSA) is 29.3 Å². The van der Waals surface area contributed by atoms with Crippen LogP contribution in [-0.4, -0.2) is 24.3 Å². The zero-order valence-corrected chi connectivity index (χ0v) is 5.52. The molecule has 1 aliphatic heterocycles. The summed E-state index contributed by atoms with van der Waals surface area (Å²) in [5, 5.41) is 1.69. The molecule has 1 aliphatic rings. The first-order chi connectivity index (χ1) is 4.29. The van der Waals surface area contributed by atoms with E-state index in [9.17, 15) is 4.39 Å². The number of alkyl halides is 1. The summed E-state index contributed by atoms with van der Waals surface area (Å²) >= 11 is 0. The molecule has 1 fully saturated rings. The van der Waals surface area contributed by atoms with E-state index in [1.54, 1.807) is 5.01 Å². The first kappa shape index (κ1) is 6.96. The largest absolute Gasteiger partial charge is 0.269 e. The second-order valence-electron chi connectivity index (χ2n) is 2.56. The van der Waals surface area contributed by atoms with Gasteiger partial charge in [-0.25, -0.2) is 9.40 Å². The lowest BCUT2D eigenvalue weighted by Crippen LogP contribution is -2.31. The van der Waals surface area contributed by atoms with E-state index >= 15 is 0 Å². The molecule has 54 valence electrons. The molecule has 0 aliphatic carbocycles. The van der Waals surface area contributed by atoms with Crippen molar-refractivity contribution in [3.05, 3.63) is 0 Å². The summed E-state index contributed by atoms with van der Waals surface area (Å²) in [6.45, 7) is 1.56. The fraction of sp³-hybridized carbons (Fsp3) is 1.00. The molecule has 3 heteroatoms. The lowest BCUT2D eigenvalue weighted by molar-refractivity contribution is 0.269. The van der Waals surface area contributed by atoms with Crippen molar-refractivity contribution in [3.8, 4) is 0 Å². The average molecular weight is 132 g/mol. The predicted molar refractivity (Wildman–Crippen MR) is 34.5 cm³/mol. The van der Waals surface area contributed by atoms with Gasteiger partial charge >= 0.3 is 0 Å². The summed E-state index contributed by atoms with van der Waals surface area (Å²) in [4.78, 5) is 0. The van der Waals surface area contributed by atoms with Gasteiger partial charge in [-0.2, -0.15) is 0 Å². The molecule has 0 amide bonds. The molecule has 0 aromatic carbocycles. The van der Waals surface area contributed by atoms with Crippen LogP contribution in [0.4, 0.5) is 4.39 Å². The summed E-state index contributed by atoms with van der Waals surface area (Å²) in [6.07, 6.45) is 1.58. The highest BCUT2D eigenvalue weighted by Crippen LogP contribution is 2.10. The van der Waals surface area contributed by atoms with Gasteiger partial charge in [-0.3, -0.25) is 5.84 Å². The molecule has 1 unspecified atom stereocenters. The molecule has 0 radical (unpaired) electrons. The van der Waals surface area contributed by atoms with E-state index in [-0.39, 0.29) is 0 Å². The molecule has 0 saturated carbocycles. The van der Waals surface area contributed by atoms with E-state index in [2.05, 4.69) is 0 Å². The molecular formula is C6H13FN2. The Morgan fingerprint density at radius 1 is 1.33 bits per heavy atom. The van der Waals surface area contributed by atoms with E-state index in [0.29, 0.717) is 19.4 Å². The Bertz CT molecular complexity index is 77.1. The van der Waals surface area contributed by atoms with Gasteiger partial charge in [-0.1, -0.05) is 0 Å². The monoisotopic (exact) mass is 132 g/mol. The van der Waals surface area contributed by atoms with Crippen molar-refractivity contribution in [1.82, 2.24) is 5.01 Å². The van der Waals surface area contributed by atoms with Gasteiger partial charge in [0.15, 0.2) is 0 Å². The van der Waals surface area contributed by atoms with Gasteiger partial charge in [-0.15, -0.1) is 0 Å². The van der Waals surface area contributed by atoms with Crippen LogP contribution in [0.5, 0.6) is 0 Å². The van der Waals surface area contributed by atoms with Crippen LogP contribution in [0.3, 0.4) is 0 Å². The fourth-order valence-electron chi connectivity index (χ4n) is 1.08. The summed E-state index contributed by atoms with van der Waals surface area (Å²) in [7, 11) is 0. The molecule has 1 heterocycles. The Morgan fingerprint density at radius 2 is 2.11 bits per heavy atom. The van der Waals surface area contributed by atoms with Crippen molar-refractivity contribution in [3.63, 3.8) is 0 Å². The fourth-order valence-corrected chi connectivity index (χ4v) is 1.08. The zero-order chi connectivity index (χ0) is 6.69. The minimum atomic E-state index is -0.612. The molecule has 2 N–H and O–H groups in total. The summed E-state index contributed by atoms with van der Waals surface area (Å²) in [5.41, 5.74) is 0. The van der Waals surface area contributed by atoms with Crippen LogP contribution < -0.4 is 5.84 Å². The lowest BCUT2D eigenvalue weighted by atomic mass is 10.2. The van der Waals surface area contributed by atoms with Crippen molar-refractivity contribution in [1.29, 1.82) is 0 Å². The van der Waals surface area contributed by atoms with Gasteiger partial charge in [0, 0.05) is 13.1 Å². The highest BCUT2D eigenvalue weighted by atomic mass is 19.1. The van der Waals surface area contributed by atoms with Gasteiger partial charge in [0.25, 0.3) is 0 Å². The molecule has 2 nitrogen and oxygen atoms in total. The Balaban J connectivity index is 2.25. The van der Waals surface area contributed by atoms with Crippen LogP contribution in [0.1, 0.15) is 19.3 Å². The normalized spacial score (nSPS) is 32.0. The summed E-state index contributed by atoms with van der Waals surface area (Å²) < 4.78 is 12.5. The van der Waals surface area contributed by atoms with Crippen molar-refractivity contribution in [2.45, 2.75) is 25.4 Å². The van der Waals surface area contributed by atoms with Crippen LogP contribution >= 0.6 is 0 Å². The number of hydrogen-bond acceptors (Lipinski definition) is 2. The van der Waals surface area contributed by atoms with Crippen LogP contribution in [0.25, 0.3) is 0 Å². The standard InChI is InChI=1S/C6H13FN2/c7-6-2-1-4-9(8)5-3-6/h6H,1-5,8H2. The third-order valence-electron chi connectivity index (χ3n) is 1.69. The van der Waals surface area contributed by atoms with Crippen LogP contribution in [0.15, 0.2) is 0 Å². The first-order valence-corrected chi connectivity index (χ1v) is 3.43. The molecule has 1 rings (SSSR count). The molecule has 0 aromatic heterocycles. The van der Waals surface area contributed by atoms with Gasteiger partial charge in [0.2, 0.25) is 0 Å². The maximum absolute atomic E-state index is 12.5. The zero-order valence-electron chi connectivity index (χ0n) is 5.52. The van der Waals surface area contributed by atoms with E-state index in [0.717, 1.165) is 13.0 Å². The number of nitrogens with two attached hydrogens (primary N) is 1. The number of hydrogen-bond donors (Lipinski definition) is 1. The molecule has 0 aromatic rings. The van der Waals surface area contributed by atoms with Gasteiger partial charge in [0.05, 0.1) is 0 Å². The maximum atomic E-state index is 12.5. The van der Waals surface area contributed by atoms with Crippen LogP contribution in [0.2, 0.25) is 0 Å². The van der Waals surface area contributed by atoms with Gasteiger partial charge in [0.1, 0.15) is 6.17 Å². The summed E-state index contributed by atoms with van der Waals surface area (Å²) in [6, 6.07) is 0. The smallest absolute Gasteiger partial charge is 0.101 e. The number of halogens is 1. The van der Waals surface area contributed by atoms with Gasteiger partial charge in [-0.05, 0) is 19.3 Å². The Morgan fingerprint density at radius 3 is 2.89 bits per heavy atom. The average Bonchev–Trinajstić information content (AvgIpc) is 1.97. The van der Waals surface area contributed by atoms with E-state index in [1.165, 1.54) is 0 Å². The van der Waals surface area contributed by atoms with Crippen LogP contribution in [-0.2, 0) is 0 Å². The Hall–Kier alpha value is -0.150. The van der Waals surface area contributed by atoms with Crippen molar-refractivity contribution >= 4 is 0 Å². The van der Waals surface area contributed by atoms with E-state index in [4.69, 9.17) is 5.84 Å². The molecule has 0 bridgehead atoms. The molecular weight excluding hydrogens is 119 g/mol. The molecule has 1 atom stereocenters. The maximum Gasteiger partial charge on any atom is 0.101 e. The first-order valence-electron chi connectivity index (χ1n) is 3.43. The third kappa shape index (κ3) is 2.28. The van der Waals surface area contributed by atoms with Crippen molar-refractivity contribution in [2.24, 2.45) is 5.84 Å². The van der Waals surface area contributed by atoms with Gasteiger partial charge < -0.3 is 0 Å². The molecule has 9 heavy (non-hydrogen) atoms. The molecule has 1 saturated heterocycles. The quantitative estimate of drug-likeness (QED) is 0.491. The van der Waals surface area contributed by atoms with E-state index < -0.39 is 6.17 Å². The highest BCUT2D eigenvalue weighted by Gasteiger charge is 2.12. The number of hydrazine groups is 1. The Kier molecular flexibility index (Phi) is 2.42. The SMILES string of the molecule is NN1CCCC(F)CC1. The van der Waals surface area contributed by atoms with Crippen molar-refractivity contribution in [2.75, 3.05) is 13.1 Å². The minimum Gasteiger partial charge on any atom is -0.269 e. The number of rotatable bonds is 0. The van der Waals surface area contributed by atoms with E-state index in [1.807, 2.05) is 0 Å². The highest BCUT2D eigenvalue weighted by molar-refractivity contribution is 4.64. The van der Waals surface area contributed by atoms with Crippen molar-refractivity contribution < 1.29 is 4.39 Å². The second kappa shape index (κ2) is 3.13. The predicted octanol–water partition coefficient (Wildman–Crippen LogP) is 0.684. The minimum absolute atomic E-state index is 0.608. The Labute approximate surface area is 54.8 Å².